The van der Waals surface area contributed by atoms with Crippen molar-refractivity contribution in [2.75, 3.05) is 6.61 Å². The number of ether oxygens (including phenoxy) is 1. The van der Waals surface area contributed by atoms with Crippen LogP contribution in [-0.2, 0) is 30.8 Å². The first kappa shape index (κ1) is 23.0. The number of benzene rings is 2. The van der Waals surface area contributed by atoms with Gasteiger partial charge in [-0.3, -0.25) is 13.9 Å². The number of nitrogens with zero attached hydrogens (tertiary/aromatic N) is 3. The van der Waals surface area contributed by atoms with Crippen molar-refractivity contribution >= 4 is 10.9 Å². The minimum absolute atomic E-state index is 0.0193. The molecule has 2 N–H and O–H groups in total. The van der Waals surface area contributed by atoms with E-state index in [9.17, 15) is 19.8 Å². The van der Waals surface area contributed by atoms with Gasteiger partial charge in [-0.25, -0.2) is 4.79 Å². The summed E-state index contributed by atoms with van der Waals surface area (Å²) >= 11 is 0. The Morgan fingerprint density at radius 1 is 0.971 bits per heavy atom. The largest absolute Gasteiger partial charge is 0.508 e. The average molecular weight is 476 g/mol. The van der Waals surface area contributed by atoms with Crippen LogP contribution in [0.4, 0.5) is 0 Å². The Kier molecular flexibility index (Phi) is 5.18. The van der Waals surface area contributed by atoms with Crippen molar-refractivity contribution in [1.29, 1.82) is 0 Å². The number of phenolic OH excluding ortho intramolecular Hbond substituents is 2. The van der Waals surface area contributed by atoms with Gasteiger partial charge in [0.15, 0.2) is 0 Å². The number of aromatic hydroxyl groups is 2. The molecule has 1 aliphatic heterocycles. The third-order valence-electron chi connectivity index (χ3n) is 6.87. The van der Waals surface area contributed by atoms with E-state index in [1.807, 2.05) is 16.7 Å². The molecule has 182 valence electrons. The van der Waals surface area contributed by atoms with Gasteiger partial charge in [0.05, 0.1) is 28.9 Å². The van der Waals surface area contributed by atoms with Crippen molar-refractivity contribution in [3.63, 3.8) is 0 Å². The Morgan fingerprint density at radius 2 is 1.66 bits per heavy atom. The van der Waals surface area contributed by atoms with Crippen LogP contribution in [0.5, 0.6) is 11.5 Å². The number of fused-ring (bicyclic) bond motifs is 3. The molecule has 1 atom stereocenters. The number of aromatic nitrogens is 3. The Balaban J connectivity index is 1.88. The molecule has 0 fully saturated rings. The van der Waals surface area contributed by atoms with Crippen LogP contribution < -0.4 is 11.2 Å². The average Bonchev–Trinajstić information content (AvgIpc) is 3.16. The van der Waals surface area contributed by atoms with E-state index in [0.29, 0.717) is 35.3 Å². The summed E-state index contributed by atoms with van der Waals surface area (Å²) < 4.78 is 10.7. The van der Waals surface area contributed by atoms with Crippen LogP contribution in [0.15, 0.2) is 52.1 Å². The maximum absolute atomic E-state index is 13.5. The summed E-state index contributed by atoms with van der Waals surface area (Å²) in [6.07, 6.45) is -0.729. The molecule has 0 saturated carbocycles. The van der Waals surface area contributed by atoms with Crippen molar-refractivity contribution < 1.29 is 14.9 Å². The summed E-state index contributed by atoms with van der Waals surface area (Å²) in [6.45, 7) is 7.27. The lowest BCUT2D eigenvalue weighted by Crippen LogP contribution is -2.37. The zero-order chi connectivity index (χ0) is 25.2. The van der Waals surface area contributed by atoms with Crippen LogP contribution in [0.2, 0.25) is 0 Å². The highest BCUT2D eigenvalue weighted by Crippen LogP contribution is 2.43. The molecule has 0 bridgehead atoms. The highest BCUT2D eigenvalue weighted by molar-refractivity contribution is 5.96. The zero-order valence-electron chi connectivity index (χ0n) is 20.5. The van der Waals surface area contributed by atoms with Crippen LogP contribution >= 0.6 is 0 Å². The monoisotopic (exact) mass is 475 g/mol. The third kappa shape index (κ3) is 3.47. The lowest BCUT2D eigenvalue weighted by atomic mass is 9.86. The SMILES string of the molecule is Cn1c(=O)c2c(-c3ccc(C(C)(C)C)cc3)n3c(c2n(C)c1=O)C(c1ccc(O)cc1O)OCC3. The maximum atomic E-state index is 13.5. The number of hydrogen-bond donors (Lipinski definition) is 2. The van der Waals surface area contributed by atoms with Gasteiger partial charge < -0.3 is 19.5 Å². The van der Waals surface area contributed by atoms with Gasteiger partial charge >= 0.3 is 5.69 Å². The van der Waals surface area contributed by atoms with E-state index in [-0.39, 0.29) is 22.5 Å². The molecule has 4 aromatic rings. The second-order valence-electron chi connectivity index (χ2n) is 10.1. The number of hydrogen-bond acceptors (Lipinski definition) is 5. The molecule has 2 aromatic heterocycles. The van der Waals surface area contributed by atoms with Crippen molar-refractivity contribution in [2.45, 2.75) is 38.8 Å². The van der Waals surface area contributed by atoms with E-state index in [0.717, 1.165) is 15.8 Å². The first-order valence-electron chi connectivity index (χ1n) is 11.6. The van der Waals surface area contributed by atoms with Gasteiger partial charge in [-0.05, 0) is 28.7 Å². The van der Waals surface area contributed by atoms with E-state index in [1.165, 1.54) is 29.3 Å². The Bertz CT molecular complexity index is 1580. The Hall–Kier alpha value is -3.78. The Labute approximate surface area is 202 Å². The van der Waals surface area contributed by atoms with Gasteiger partial charge in [-0.2, -0.15) is 0 Å². The van der Waals surface area contributed by atoms with Crippen molar-refractivity contribution in [3.8, 4) is 22.8 Å². The minimum atomic E-state index is -0.729. The molecular formula is C27H29N3O5. The molecule has 3 heterocycles. The highest BCUT2D eigenvalue weighted by atomic mass is 16.5. The van der Waals surface area contributed by atoms with Gasteiger partial charge in [-0.1, -0.05) is 45.0 Å². The molecule has 0 aliphatic carbocycles. The van der Waals surface area contributed by atoms with Crippen molar-refractivity contribution in [3.05, 3.63) is 80.1 Å². The van der Waals surface area contributed by atoms with Gasteiger partial charge in [-0.15, -0.1) is 0 Å². The number of aryl methyl sites for hydroxylation is 1. The molecule has 35 heavy (non-hydrogen) atoms. The number of rotatable bonds is 2. The van der Waals surface area contributed by atoms with Crippen LogP contribution in [0.3, 0.4) is 0 Å². The molecule has 0 amide bonds. The highest BCUT2D eigenvalue weighted by Gasteiger charge is 2.34. The fraction of sp³-hybridized carbons (Fsp3) is 0.333. The lowest BCUT2D eigenvalue weighted by molar-refractivity contribution is 0.0464. The van der Waals surface area contributed by atoms with Crippen LogP contribution in [0, 0.1) is 0 Å². The molecule has 0 saturated heterocycles. The van der Waals surface area contributed by atoms with Gasteiger partial charge in [0.1, 0.15) is 17.6 Å². The van der Waals surface area contributed by atoms with Crippen LogP contribution in [-0.4, -0.2) is 30.5 Å². The second-order valence-corrected chi connectivity index (χ2v) is 10.1. The summed E-state index contributed by atoms with van der Waals surface area (Å²) in [5.41, 5.74) is 3.47. The number of phenols is 2. The lowest BCUT2D eigenvalue weighted by Gasteiger charge is -2.28. The zero-order valence-corrected chi connectivity index (χ0v) is 20.5. The van der Waals surface area contributed by atoms with Gasteiger partial charge in [0.2, 0.25) is 0 Å². The molecule has 0 spiro atoms. The van der Waals surface area contributed by atoms with E-state index in [4.69, 9.17) is 4.74 Å². The fourth-order valence-corrected chi connectivity index (χ4v) is 5.00. The predicted molar refractivity (Wildman–Crippen MR) is 134 cm³/mol. The smallest absolute Gasteiger partial charge is 0.331 e. The molecule has 8 heteroatoms. The minimum Gasteiger partial charge on any atom is -0.508 e. The molecule has 1 aliphatic rings. The molecule has 5 rings (SSSR count). The summed E-state index contributed by atoms with van der Waals surface area (Å²) in [5, 5.41) is 20.8. The summed E-state index contributed by atoms with van der Waals surface area (Å²) in [4.78, 5) is 26.4. The van der Waals surface area contributed by atoms with Crippen molar-refractivity contribution in [1.82, 2.24) is 13.7 Å². The maximum Gasteiger partial charge on any atom is 0.331 e. The van der Waals surface area contributed by atoms with Crippen molar-refractivity contribution in [2.24, 2.45) is 14.1 Å². The normalized spacial score (nSPS) is 16.0. The quantitative estimate of drug-likeness (QED) is 0.462. The first-order chi connectivity index (χ1) is 16.5. The molecule has 0 radical (unpaired) electrons. The molecule has 8 nitrogen and oxygen atoms in total. The van der Waals surface area contributed by atoms with Gasteiger partial charge in [0, 0.05) is 32.3 Å². The summed E-state index contributed by atoms with van der Waals surface area (Å²) in [6, 6.07) is 12.5. The third-order valence-corrected chi connectivity index (χ3v) is 6.87. The second kappa shape index (κ2) is 7.88. The van der Waals surface area contributed by atoms with E-state index >= 15 is 0 Å². The topological polar surface area (TPSA) is 98.6 Å². The predicted octanol–water partition coefficient (Wildman–Crippen LogP) is 3.53. The van der Waals surface area contributed by atoms with Gasteiger partial charge in [0.25, 0.3) is 5.56 Å². The molecular weight excluding hydrogens is 446 g/mol. The molecule has 1 unspecified atom stereocenters. The summed E-state index contributed by atoms with van der Waals surface area (Å²) in [7, 11) is 3.12. The van der Waals surface area contributed by atoms with E-state index in [2.05, 4.69) is 32.9 Å². The van der Waals surface area contributed by atoms with E-state index in [1.54, 1.807) is 13.1 Å². The van der Waals surface area contributed by atoms with Crippen LogP contribution in [0.1, 0.15) is 43.7 Å². The standard InChI is InChI=1S/C27H29N3O5/c1-27(2,3)16-8-6-15(7-9-16)21-20-22(28(4)26(34)29(5)25(20)33)23-24(35-13-12-30(21)23)18-11-10-17(31)14-19(18)32/h6-11,14,24,31-32H,12-13H2,1-5H3. The van der Waals surface area contributed by atoms with Crippen LogP contribution in [0.25, 0.3) is 22.2 Å². The van der Waals surface area contributed by atoms with E-state index < -0.39 is 11.8 Å². The molecule has 2 aromatic carbocycles. The fourth-order valence-electron chi connectivity index (χ4n) is 5.00. The summed E-state index contributed by atoms with van der Waals surface area (Å²) in [5.74, 6) is -0.189. The Morgan fingerprint density at radius 3 is 2.29 bits per heavy atom. The first-order valence-corrected chi connectivity index (χ1v) is 11.6.